The zero-order valence-corrected chi connectivity index (χ0v) is 17.7. The molecule has 0 bridgehead atoms. The summed E-state index contributed by atoms with van der Waals surface area (Å²) in [5.74, 6) is 6.30. The lowest BCUT2D eigenvalue weighted by Crippen LogP contribution is -2.53. The second-order valence-corrected chi connectivity index (χ2v) is 11.3. The summed E-state index contributed by atoms with van der Waals surface area (Å²) in [5, 5.41) is 0. The Kier molecular flexibility index (Phi) is 5.04. The van der Waals surface area contributed by atoms with Crippen LogP contribution in [0.25, 0.3) is 0 Å². The zero-order chi connectivity index (χ0) is 17.7. The molecule has 25 heavy (non-hydrogen) atoms. The van der Waals surface area contributed by atoms with Crippen LogP contribution in [-0.2, 0) is 0 Å². The van der Waals surface area contributed by atoms with Gasteiger partial charge >= 0.3 is 0 Å². The molecule has 4 aliphatic rings. The number of hydrogen-bond acceptors (Lipinski definition) is 0. The second kappa shape index (κ2) is 6.87. The van der Waals surface area contributed by atoms with E-state index in [1.54, 1.807) is 51.4 Å². The molecule has 1 unspecified atom stereocenters. The van der Waals surface area contributed by atoms with Crippen molar-refractivity contribution in [2.45, 2.75) is 111 Å². The molecule has 0 saturated heterocycles. The summed E-state index contributed by atoms with van der Waals surface area (Å²) in [7, 11) is 0. The van der Waals surface area contributed by atoms with E-state index in [9.17, 15) is 0 Å². The van der Waals surface area contributed by atoms with Crippen LogP contribution in [0.2, 0.25) is 0 Å². The smallest absolute Gasteiger partial charge is 0.0264 e. The molecule has 144 valence electrons. The molecule has 8 atom stereocenters. The van der Waals surface area contributed by atoms with Gasteiger partial charge in [0, 0.05) is 0 Å². The summed E-state index contributed by atoms with van der Waals surface area (Å²) in [6, 6.07) is 0. The van der Waals surface area contributed by atoms with Gasteiger partial charge in [0.25, 0.3) is 0 Å². The average molecular weight is 345 g/mol. The maximum atomic E-state index is 2.74. The third-order valence-corrected chi connectivity index (χ3v) is 10.4. The highest BCUT2D eigenvalue weighted by Crippen LogP contribution is 2.68. The van der Waals surface area contributed by atoms with Gasteiger partial charge in [-0.05, 0) is 97.7 Å². The first-order chi connectivity index (χ1) is 12.0. The molecule has 0 aliphatic heterocycles. The van der Waals surface area contributed by atoms with Crippen LogP contribution in [0.15, 0.2) is 0 Å². The number of fused-ring (bicyclic) bond motifs is 5. The molecule has 4 fully saturated rings. The highest BCUT2D eigenvalue weighted by Gasteiger charge is 2.59. The van der Waals surface area contributed by atoms with Crippen LogP contribution in [0.1, 0.15) is 111 Å². The SMILES string of the molecule is CCCC[C@@H](C)[C@H]1CC[C@H]2[C@@H]3CCC4CCCC[C@]4(C)[C@H]3CC[C@]12C. The highest BCUT2D eigenvalue weighted by atomic mass is 14.6. The lowest BCUT2D eigenvalue weighted by atomic mass is 9.44. The summed E-state index contributed by atoms with van der Waals surface area (Å²) in [6.07, 6.45) is 19.9. The summed E-state index contributed by atoms with van der Waals surface area (Å²) in [4.78, 5) is 0. The Bertz CT molecular complexity index is 467. The van der Waals surface area contributed by atoms with Crippen LogP contribution >= 0.6 is 0 Å². The summed E-state index contributed by atoms with van der Waals surface area (Å²) < 4.78 is 0. The molecular formula is C25H44. The largest absolute Gasteiger partial charge is 0.0654 e. The maximum absolute atomic E-state index is 2.74. The van der Waals surface area contributed by atoms with Crippen molar-refractivity contribution in [3.8, 4) is 0 Å². The van der Waals surface area contributed by atoms with Crippen LogP contribution in [0.4, 0.5) is 0 Å². The maximum Gasteiger partial charge on any atom is -0.0264 e. The van der Waals surface area contributed by atoms with Gasteiger partial charge < -0.3 is 0 Å². The molecule has 4 rings (SSSR count). The first kappa shape index (κ1) is 18.4. The Morgan fingerprint density at radius 1 is 0.840 bits per heavy atom. The van der Waals surface area contributed by atoms with Crippen molar-refractivity contribution in [1.82, 2.24) is 0 Å². The molecule has 0 amide bonds. The topological polar surface area (TPSA) is 0 Å². The van der Waals surface area contributed by atoms with Crippen molar-refractivity contribution in [3.05, 3.63) is 0 Å². The van der Waals surface area contributed by atoms with Gasteiger partial charge in [-0.25, -0.2) is 0 Å². The lowest BCUT2D eigenvalue weighted by Gasteiger charge is -2.61. The van der Waals surface area contributed by atoms with E-state index in [-0.39, 0.29) is 0 Å². The lowest BCUT2D eigenvalue weighted by molar-refractivity contribution is -0.114. The van der Waals surface area contributed by atoms with Crippen molar-refractivity contribution < 1.29 is 0 Å². The molecule has 0 spiro atoms. The van der Waals surface area contributed by atoms with E-state index in [0.29, 0.717) is 10.8 Å². The predicted octanol–water partition coefficient (Wildman–Crippen LogP) is 7.86. The third kappa shape index (κ3) is 2.84. The summed E-state index contributed by atoms with van der Waals surface area (Å²) >= 11 is 0. The van der Waals surface area contributed by atoms with Crippen molar-refractivity contribution in [1.29, 1.82) is 0 Å². The average Bonchev–Trinajstić information content (AvgIpc) is 2.96. The van der Waals surface area contributed by atoms with Crippen LogP contribution in [-0.4, -0.2) is 0 Å². The number of rotatable bonds is 4. The van der Waals surface area contributed by atoms with Gasteiger partial charge in [0.15, 0.2) is 0 Å². The van der Waals surface area contributed by atoms with E-state index in [2.05, 4.69) is 27.7 Å². The van der Waals surface area contributed by atoms with Gasteiger partial charge in [0.05, 0.1) is 0 Å². The summed E-state index contributed by atoms with van der Waals surface area (Å²) in [6.45, 7) is 10.4. The summed E-state index contributed by atoms with van der Waals surface area (Å²) in [5.41, 5.74) is 1.40. The molecule has 0 nitrogen and oxygen atoms in total. The first-order valence-corrected chi connectivity index (χ1v) is 12.0. The van der Waals surface area contributed by atoms with E-state index < -0.39 is 0 Å². The Hall–Kier alpha value is 0. The van der Waals surface area contributed by atoms with Crippen molar-refractivity contribution in [2.24, 2.45) is 46.3 Å². The van der Waals surface area contributed by atoms with Gasteiger partial charge in [-0.3, -0.25) is 0 Å². The van der Waals surface area contributed by atoms with E-state index in [4.69, 9.17) is 0 Å². The normalized spacial score (nSPS) is 50.6. The van der Waals surface area contributed by atoms with E-state index in [1.165, 1.54) is 32.1 Å². The van der Waals surface area contributed by atoms with Crippen molar-refractivity contribution in [2.75, 3.05) is 0 Å². The first-order valence-electron chi connectivity index (χ1n) is 12.0. The van der Waals surface area contributed by atoms with E-state index >= 15 is 0 Å². The van der Waals surface area contributed by atoms with Crippen LogP contribution in [0.5, 0.6) is 0 Å². The second-order valence-electron chi connectivity index (χ2n) is 11.3. The van der Waals surface area contributed by atoms with Gasteiger partial charge in [0.2, 0.25) is 0 Å². The fourth-order valence-corrected chi connectivity index (χ4v) is 9.00. The zero-order valence-electron chi connectivity index (χ0n) is 17.7. The van der Waals surface area contributed by atoms with E-state index in [1.807, 2.05) is 0 Å². The fraction of sp³-hybridized carbons (Fsp3) is 1.00. The third-order valence-electron chi connectivity index (χ3n) is 10.4. The Balaban J connectivity index is 1.53. The molecule has 4 aliphatic carbocycles. The van der Waals surface area contributed by atoms with Crippen LogP contribution in [0, 0.1) is 46.3 Å². The quantitative estimate of drug-likeness (QED) is 0.487. The Morgan fingerprint density at radius 2 is 1.64 bits per heavy atom. The van der Waals surface area contributed by atoms with Gasteiger partial charge in [-0.1, -0.05) is 59.8 Å². The molecule has 0 N–H and O–H groups in total. The minimum Gasteiger partial charge on any atom is -0.0654 e. The Morgan fingerprint density at radius 3 is 2.44 bits per heavy atom. The fourth-order valence-electron chi connectivity index (χ4n) is 9.00. The number of unbranched alkanes of at least 4 members (excludes halogenated alkanes) is 1. The minimum absolute atomic E-state index is 0.687. The Labute approximate surface area is 157 Å². The molecule has 4 saturated carbocycles. The van der Waals surface area contributed by atoms with Crippen molar-refractivity contribution in [3.63, 3.8) is 0 Å². The number of hydrogen-bond donors (Lipinski definition) is 0. The van der Waals surface area contributed by atoms with Crippen LogP contribution in [0.3, 0.4) is 0 Å². The van der Waals surface area contributed by atoms with Gasteiger partial charge in [0.1, 0.15) is 0 Å². The predicted molar refractivity (Wildman–Crippen MR) is 109 cm³/mol. The molecular weight excluding hydrogens is 300 g/mol. The van der Waals surface area contributed by atoms with Crippen molar-refractivity contribution >= 4 is 0 Å². The molecule has 0 aromatic heterocycles. The molecule has 0 radical (unpaired) electrons. The van der Waals surface area contributed by atoms with E-state index in [0.717, 1.165) is 35.5 Å². The van der Waals surface area contributed by atoms with Gasteiger partial charge in [-0.15, -0.1) is 0 Å². The minimum atomic E-state index is 0.687. The van der Waals surface area contributed by atoms with Gasteiger partial charge in [-0.2, -0.15) is 0 Å². The highest BCUT2D eigenvalue weighted by molar-refractivity contribution is 5.09. The molecule has 0 heterocycles. The van der Waals surface area contributed by atoms with Crippen LogP contribution < -0.4 is 0 Å². The molecule has 0 heteroatoms. The monoisotopic (exact) mass is 344 g/mol. The molecule has 0 aromatic carbocycles. The molecule has 0 aromatic rings. The standard InChI is InChI=1S/C25H44/c1-5-6-9-18(2)21-13-14-22-20-12-11-19-10-7-8-16-24(19,3)23(20)15-17-25(21,22)4/h18-23H,5-17H2,1-4H3/t18-,19?,20+,21-,22+,23+,24+,25-/m1/s1.